The van der Waals surface area contributed by atoms with E-state index in [1.165, 1.54) is 6.08 Å². The van der Waals surface area contributed by atoms with Gasteiger partial charge < -0.3 is 14.8 Å². The normalized spacial score (nSPS) is 10.8. The third kappa shape index (κ3) is 4.40. The third-order valence-electron chi connectivity index (χ3n) is 2.76. The van der Waals surface area contributed by atoms with Crippen LogP contribution in [0, 0.1) is 0 Å². The van der Waals surface area contributed by atoms with Crippen molar-refractivity contribution in [2.75, 3.05) is 11.9 Å². The number of benzene rings is 1. The molecule has 0 aliphatic rings. The Morgan fingerprint density at radius 2 is 2.20 bits per heavy atom. The molecule has 0 saturated carbocycles. The monoisotopic (exact) mass is 271 g/mol. The lowest BCUT2D eigenvalue weighted by Gasteiger charge is -2.05. The zero-order valence-corrected chi connectivity index (χ0v) is 11.1. The van der Waals surface area contributed by atoms with E-state index in [1.54, 1.807) is 24.5 Å². The van der Waals surface area contributed by atoms with Crippen molar-refractivity contribution in [2.45, 2.75) is 12.8 Å². The van der Waals surface area contributed by atoms with Gasteiger partial charge >= 0.3 is 0 Å². The van der Waals surface area contributed by atoms with Crippen molar-refractivity contribution < 1.29 is 14.3 Å². The van der Waals surface area contributed by atoms with Crippen LogP contribution in [-0.4, -0.2) is 17.6 Å². The van der Waals surface area contributed by atoms with Gasteiger partial charge in [-0.2, -0.15) is 0 Å². The van der Waals surface area contributed by atoms with Crippen molar-refractivity contribution in [3.8, 4) is 0 Å². The Balaban J connectivity index is 1.93. The van der Waals surface area contributed by atoms with Gasteiger partial charge in [-0.1, -0.05) is 12.1 Å². The van der Waals surface area contributed by atoms with Gasteiger partial charge in [0.2, 0.25) is 5.91 Å². The summed E-state index contributed by atoms with van der Waals surface area (Å²) >= 11 is 0. The molecule has 0 radical (unpaired) electrons. The molecular weight excluding hydrogens is 254 g/mol. The lowest BCUT2D eigenvalue weighted by atomic mass is 10.1. The second-order valence-electron chi connectivity index (χ2n) is 4.37. The molecule has 0 atom stereocenters. The number of amides is 1. The minimum absolute atomic E-state index is 0.169. The molecule has 1 heterocycles. The molecule has 0 aliphatic carbocycles. The molecule has 0 spiro atoms. The molecule has 20 heavy (non-hydrogen) atoms. The van der Waals surface area contributed by atoms with Crippen LogP contribution >= 0.6 is 0 Å². The van der Waals surface area contributed by atoms with Crippen LogP contribution in [0.5, 0.6) is 0 Å². The number of carbonyl (C=O) groups excluding carboxylic acids is 1. The van der Waals surface area contributed by atoms with Gasteiger partial charge in [0.15, 0.2) is 0 Å². The molecule has 0 bridgehead atoms. The van der Waals surface area contributed by atoms with E-state index in [2.05, 4.69) is 5.32 Å². The average molecular weight is 271 g/mol. The molecule has 0 aliphatic heterocycles. The molecule has 2 aromatic rings. The van der Waals surface area contributed by atoms with E-state index in [1.807, 2.05) is 24.3 Å². The van der Waals surface area contributed by atoms with E-state index < -0.39 is 0 Å². The second-order valence-corrected chi connectivity index (χ2v) is 4.37. The predicted molar refractivity (Wildman–Crippen MR) is 78.2 cm³/mol. The van der Waals surface area contributed by atoms with Gasteiger partial charge in [-0.15, -0.1) is 0 Å². The van der Waals surface area contributed by atoms with Gasteiger partial charge in [0.05, 0.1) is 6.26 Å². The minimum Gasteiger partial charge on any atom is -0.465 e. The topological polar surface area (TPSA) is 62.5 Å². The van der Waals surface area contributed by atoms with Gasteiger partial charge in [0.25, 0.3) is 0 Å². The first-order chi connectivity index (χ1) is 9.78. The lowest BCUT2D eigenvalue weighted by Crippen LogP contribution is -2.07. The number of hydrogen-bond donors (Lipinski definition) is 2. The highest BCUT2D eigenvalue weighted by Crippen LogP contribution is 2.12. The van der Waals surface area contributed by atoms with Crippen molar-refractivity contribution in [2.24, 2.45) is 0 Å². The Morgan fingerprint density at radius 3 is 2.95 bits per heavy atom. The number of nitrogens with one attached hydrogen (secondary N) is 1. The van der Waals surface area contributed by atoms with Crippen molar-refractivity contribution in [3.05, 3.63) is 60.1 Å². The number of hydrogen-bond acceptors (Lipinski definition) is 3. The van der Waals surface area contributed by atoms with Crippen molar-refractivity contribution in [3.63, 3.8) is 0 Å². The van der Waals surface area contributed by atoms with Crippen LogP contribution in [0.15, 0.2) is 53.2 Å². The summed E-state index contributed by atoms with van der Waals surface area (Å²) in [6.45, 7) is 0.169. The molecule has 0 saturated heterocycles. The highest BCUT2D eigenvalue weighted by Gasteiger charge is 2.00. The number of aliphatic hydroxyl groups is 1. The lowest BCUT2D eigenvalue weighted by molar-refractivity contribution is -0.111. The van der Waals surface area contributed by atoms with Crippen LogP contribution in [0.25, 0.3) is 6.08 Å². The maximum atomic E-state index is 11.8. The maximum Gasteiger partial charge on any atom is 0.248 e. The number of anilines is 1. The van der Waals surface area contributed by atoms with Crippen LogP contribution in [0.1, 0.15) is 17.7 Å². The summed E-state index contributed by atoms with van der Waals surface area (Å²) in [7, 11) is 0. The summed E-state index contributed by atoms with van der Waals surface area (Å²) in [5.41, 5.74) is 1.83. The fraction of sp³-hybridized carbons (Fsp3) is 0.188. The summed E-state index contributed by atoms with van der Waals surface area (Å²) in [5.74, 6) is 0.428. The fourth-order valence-corrected chi connectivity index (χ4v) is 1.82. The molecule has 4 heteroatoms. The Labute approximate surface area is 117 Å². The Kier molecular flexibility index (Phi) is 5.15. The number of furan rings is 1. The molecule has 2 N–H and O–H groups in total. The van der Waals surface area contributed by atoms with Crippen LogP contribution in [0.2, 0.25) is 0 Å². The van der Waals surface area contributed by atoms with E-state index in [-0.39, 0.29) is 12.5 Å². The zero-order chi connectivity index (χ0) is 14.2. The standard InChI is InChI=1S/C16H17NO3/c18-10-2-5-13-4-1-6-14(12-13)17-16(19)9-8-15-7-3-11-20-15/h1,3-4,6-9,11-12,18H,2,5,10H2,(H,17,19)/b9-8+. The minimum atomic E-state index is -0.208. The Morgan fingerprint density at radius 1 is 1.30 bits per heavy atom. The van der Waals surface area contributed by atoms with Crippen LogP contribution in [0.3, 0.4) is 0 Å². The van der Waals surface area contributed by atoms with Crippen molar-refractivity contribution in [1.29, 1.82) is 0 Å². The van der Waals surface area contributed by atoms with Crippen molar-refractivity contribution in [1.82, 2.24) is 0 Å². The second kappa shape index (κ2) is 7.31. The Bertz CT molecular complexity index is 573. The van der Waals surface area contributed by atoms with Gasteiger partial charge in [0, 0.05) is 18.4 Å². The molecule has 4 nitrogen and oxygen atoms in total. The van der Waals surface area contributed by atoms with E-state index in [4.69, 9.17) is 9.52 Å². The molecule has 2 rings (SSSR count). The molecule has 104 valence electrons. The predicted octanol–water partition coefficient (Wildman–Crippen LogP) is 2.86. The first-order valence-electron chi connectivity index (χ1n) is 6.50. The van der Waals surface area contributed by atoms with E-state index in [9.17, 15) is 4.79 Å². The number of aliphatic hydroxyl groups excluding tert-OH is 1. The van der Waals surface area contributed by atoms with E-state index in [0.717, 1.165) is 24.1 Å². The first-order valence-corrected chi connectivity index (χ1v) is 6.50. The summed E-state index contributed by atoms with van der Waals surface area (Å²) in [4.78, 5) is 11.8. The quantitative estimate of drug-likeness (QED) is 0.794. The third-order valence-corrected chi connectivity index (χ3v) is 2.76. The van der Waals surface area contributed by atoms with Gasteiger partial charge in [0.1, 0.15) is 5.76 Å². The van der Waals surface area contributed by atoms with Crippen molar-refractivity contribution >= 4 is 17.7 Å². The van der Waals surface area contributed by atoms with Gasteiger partial charge in [-0.25, -0.2) is 0 Å². The molecule has 1 aromatic carbocycles. The molecule has 1 aromatic heterocycles. The highest BCUT2D eigenvalue weighted by molar-refractivity contribution is 6.01. The maximum absolute atomic E-state index is 11.8. The number of carbonyl (C=O) groups is 1. The largest absolute Gasteiger partial charge is 0.465 e. The first kappa shape index (κ1) is 14.1. The van der Waals surface area contributed by atoms with E-state index >= 15 is 0 Å². The fourth-order valence-electron chi connectivity index (χ4n) is 1.82. The zero-order valence-electron chi connectivity index (χ0n) is 11.1. The van der Waals surface area contributed by atoms with Gasteiger partial charge in [-0.3, -0.25) is 4.79 Å². The Hall–Kier alpha value is -2.33. The van der Waals surface area contributed by atoms with Gasteiger partial charge in [-0.05, 0) is 48.7 Å². The SMILES string of the molecule is O=C(/C=C/c1ccco1)Nc1cccc(CCCO)c1. The highest BCUT2D eigenvalue weighted by atomic mass is 16.3. The molecular formula is C16H17NO3. The summed E-state index contributed by atoms with van der Waals surface area (Å²) < 4.78 is 5.11. The molecule has 1 amide bonds. The number of aryl methyl sites for hydroxylation is 1. The van der Waals surface area contributed by atoms with E-state index in [0.29, 0.717) is 5.76 Å². The summed E-state index contributed by atoms with van der Waals surface area (Å²) in [6, 6.07) is 11.2. The summed E-state index contributed by atoms with van der Waals surface area (Å²) in [6.07, 6.45) is 6.12. The number of rotatable bonds is 6. The van der Waals surface area contributed by atoms with Crippen LogP contribution < -0.4 is 5.32 Å². The van der Waals surface area contributed by atoms with Crippen LogP contribution in [-0.2, 0) is 11.2 Å². The molecule has 0 fully saturated rings. The molecule has 0 unspecified atom stereocenters. The summed E-state index contributed by atoms with van der Waals surface area (Å²) in [5, 5.41) is 11.6. The van der Waals surface area contributed by atoms with Crippen LogP contribution in [0.4, 0.5) is 5.69 Å². The average Bonchev–Trinajstić information content (AvgIpc) is 2.97. The smallest absolute Gasteiger partial charge is 0.248 e.